The van der Waals surface area contributed by atoms with Crippen LogP contribution in [0, 0.1) is 5.82 Å². The topological polar surface area (TPSA) is 66.5 Å². The molecule has 8 heteroatoms. The Morgan fingerprint density at radius 2 is 1.88 bits per heavy atom. The summed E-state index contributed by atoms with van der Waals surface area (Å²) in [5, 5.41) is 2.97. The van der Waals surface area contributed by atoms with Gasteiger partial charge in [-0.05, 0) is 48.7 Å². The van der Waals surface area contributed by atoms with Crippen molar-refractivity contribution in [3.05, 3.63) is 58.9 Å². The number of nitrogens with zero attached hydrogens (tertiary/aromatic N) is 1. The summed E-state index contributed by atoms with van der Waals surface area (Å²) >= 11 is 6.25. The normalized spacial score (nSPS) is 16.3. The van der Waals surface area contributed by atoms with Crippen molar-refractivity contribution in [2.24, 2.45) is 0 Å². The average molecular weight is 397 g/mol. The molecule has 0 aliphatic carbocycles. The molecular weight excluding hydrogens is 379 g/mol. The van der Waals surface area contributed by atoms with E-state index in [4.69, 9.17) is 11.6 Å². The first-order valence-electron chi connectivity index (χ1n) is 8.19. The number of carbonyl (C=O) groups excluding carboxylic acids is 1. The Bertz CT molecular complexity index is 917. The molecule has 1 heterocycles. The van der Waals surface area contributed by atoms with Crippen LogP contribution in [0.4, 0.5) is 15.8 Å². The summed E-state index contributed by atoms with van der Waals surface area (Å²) < 4.78 is 38.6. The number of hydrogen-bond acceptors (Lipinski definition) is 3. The maximum absolute atomic E-state index is 12.9. The molecule has 2 aromatic carbocycles. The lowest BCUT2D eigenvalue weighted by Gasteiger charge is -2.29. The summed E-state index contributed by atoms with van der Waals surface area (Å²) in [5.41, 5.74) is 1.58. The molecule has 138 valence electrons. The molecule has 0 bridgehead atoms. The minimum atomic E-state index is -3.35. The van der Waals surface area contributed by atoms with Gasteiger partial charge in [0.25, 0.3) is 0 Å². The highest BCUT2D eigenvalue weighted by Gasteiger charge is 2.27. The molecule has 26 heavy (non-hydrogen) atoms. The number of hydrogen-bond donors (Lipinski definition) is 1. The molecule has 1 fully saturated rings. The molecule has 1 saturated heterocycles. The first-order chi connectivity index (χ1) is 12.3. The van der Waals surface area contributed by atoms with Gasteiger partial charge >= 0.3 is 0 Å². The van der Waals surface area contributed by atoms with E-state index in [9.17, 15) is 17.6 Å². The van der Waals surface area contributed by atoms with Crippen LogP contribution in [0.2, 0.25) is 5.02 Å². The van der Waals surface area contributed by atoms with E-state index < -0.39 is 10.0 Å². The molecule has 1 N–H and O–H groups in total. The Kier molecular flexibility index (Phi) is 5.48. The molecule has 0 unspecified atom stereocenters. The second-order valence-electron chi connectivity index (χ2n) is 6.11. The number of rotatable bonds is 4. The van der Waals surface area contributed by atoms with Gasteiger partial charge in [0.05, 0.1) is 22.9 Å². The van der Waals surface area contributed by atoms with Crippen LogP contribution < -0.4 is 9.62 Å². The summed E-state index contributed by atoms with van der Waals surface area (Å²) in [4.78, 5) is 12.1. The fraction of sp³-hybridized carbons (Fsp3) is 0.278. The van der Waals surface area contributed by atoms with Crippen LogP contribution in [0.5, 0.6) is 0 Å². The van der Waals surface area contributed by atoms with Gasteiger partial charge in [-0.2, -0.15) is 0 Å². The van der Waals surface area contributed by atoms with Crippen LogP contribution in [-0.2, 0) is 21.2 Å². The van der Waals surface area contributed by atoms with Crippen LogP contribution in [0.25, 0.3) is 0 Å². The molecule has 0 saturated carbocycles. The van der Waals surface area contributed by atoms with Gasteiger partial charge in [-0.25, -0.2) is 12.8 Å². The molecule has 1 aliphatic heterocycles. The summed E-state index contributed by atoms with van der Waals surface area (Å²) in [6, 6.07) is 10.4. The molecular formula is C18H18ClFN2O3S. The van der Waals surface area contributed by atoms with E-state index in [0.717, 1.165) is 6.42 Å². The predicted molar refractivity (Wildman–Crippen MR) is 101 cm³/mol. The van der Waals surface area contributed by atoms with Gasteiger partial charge in [-0.3, -0.25) is 9.10 Å². The number of halogens is 2. The Morgan fingerprint density at radius 3 is 2.54 bits per heavy atom. The van der Waals surface area contributed by atoms with E-state index >= 15 is 0 Å². The monoisotopic (exact) mass is 396 g/mol. The maximum Gasteiger partial charge on any atom is 0.235 e. The summed E-state index contributed by atoms with van der Waals surface area (Å²) in [5.74, 6) is -0.519. The maximum atomic E-state index is 12.9. The summed E-state index contributed by atoms with van der Waals surface area (Å²) in [6.07, 6.45) is 1.53. The zero-order chi connectivity index (χ0) is 18.7. The van der Waals surface area contributed by atoms with Crippen LogP contribution in [0.3, 0.4) is 0 Å². The van der Waals surface area contributed by atoms with Crippen molar-refractivity contribution in [1.82, 2.24) is 0 Å². The number of anilines is 2. The van der Waals surface area contributed by atoms with E-state index in [0.29, 0.717) is 29.9 Å². The van der Waals surface area contributed by atoms with Crippen LogP contribution in [-0.4, -0.2) is 26.6 Å². The Labute approximate surface area is 156 Å². The Morgan fingerprint density at radius 1 is 1.15 bits per heavy atom. The zero-order valence-corrected chi connectivity index (χ0v) is 15.5. The SMILES string of the molecule is O=C(Cc1ccc(F)cc1)Nc1ccc(N2CCCCS2(=O)=O)c(Cl)c1. The molecule has 5 nitrogen and oxygen atoms in total. The number of nitrogens with one attached hydrogen (secondary N) is 1. The van der Waals surface area contributed by atoms with E-state index in [-0.39, 0.29) is 28.9 Å². The predicted octanol–water partition coefficient (Wildman–Crippen LogP) is 3.59. The second-order valence-corrected chi connectivity index (χ2v) is 8.53. The van der Waals surface area contributed by atoms with Crippen molar-refractivity contribution in [2.75, 3.05) is 21.9 Å². The van der Waals surface area contributed by atoms with Crippen molar-refractivity contribution in [3.8, 4) is 0 Å². The van der Waals surface area contributed by atoms with Crippen molar-refractivity contribution in [1.29, 1.82) is 0 Å². The quantitative estimate of drug-likeness (QED) is 0.858. The fourth-order valence-corrected chi connectivity index (χ4v) is 4.83. The third kappa shape index (κ3) is 4.34. The Balaban J connectivity index is 1.71. The zero-order valence-electron chi connectivity index (χ0n) is 13.9. The third-order valence-electron chi connectivity index (χ3n) is 4.13. The van der Waals surface area contributed by atoms with Gasteiger partial charge in [0, 0.05) is 12.2 Å². The van der Waals surface area contributed by atoms with Gasteiger partial charge < -0.3 is 5.32 Å². The molecule has 3 rings (SSSR count). The lowest BCUT2D eigenvalue weighted by molar-refractivity contribution is -0.115. The van der Waals surface area contributed by atoms with Gasteiger partial charge in [0.15, 0.2) is 0 Å². The van der Waals surface area contributed by atoms with Crippen molar-refractivity contribution in [2.45, 2.75) is 19.3 Å². The molecule has 0 atom stereocenters. The Hall–Kier alpha value is -2.12. The fourth-order valence-electron chi connectivity index (χ4n) is 2.84. The van der Waals surface area contributed by atoms with Gasteiger partial charge in [0.2, 0.25) is 15.9 Å². The molecule has 2 aromatic rings. The molecule has 0 radical (unpaired) electrons. The lowest BCUT2D eigenvalue weighted by Crippen LogP contribution is -2.38. The third-order valence-corrected chi connectivity index (χ3v) is 6.29. The molecule has 0 aromatic heterocycles. The van der Waals surface area contributed by atoms with Crippen LogP contribution >= 0.6 is 11.6 Å². The van der Waals surface area contributed by atoms with Gasteiger partial charge in [-0.15, -0.1) is 0 Å². The first-order valence-corrected chi connectivity index (χ1v) is 10.2. The minimum Gasteiger partial charge on any atom is -0.326 e. The van der Waals surface area contributed by atoms with Crippen molar-refractivity contribution in [3.63, 3.8) is 0 Å². The minimum absolute atomic E-state index is 0.0974. The number of sulfonamides is 1. The number of carbonyl (C=O) groups is 1. The van der Waals surface area contributed by atoms with E-state index in [2.05, 4.69) is 5.32 Å². The van der Waals surface area contributed by atoms with E-state index in [1.807, 2.05) is 0 Å². The summed E-state index contributed by atoms with van der Waals surface area (Å²) in [6.45, 7) is 0.401. The highest BCUT2D eigenvalue weighted by molar-refractivity contribution is 7.92. The van der Waals surface area contributed by atoms with Crippen LogP contribution in [0.15, 0.2) is 42.5 Å². The smallest absolute Gasteiger partial charge is 0.235 e. The molecule has 1 amide bonds. The largest absolute Gasteiger partial charge is 0.326 e. The van der Waals surface area contributed by atoms with E-state index in [1.165, 1.54) is 22.5 Å². The highest BCUT2D eigenvalue weighted by Crippen LogP contribution is 2.32. The second kappa shape index (κ2) is 7.63. The molecule has 0 spiro atoms. The first kappa shape index (κ1) is 18.7. The molecule has 1 aliphatic rings. The standard InChI is InChI=1S/C18H18ClFN2O3S/c19-16-12-15(21-18(23)11-13-3-5-14(20)6-4-13)7-8-17(16)22-9-1-2-10-26(22,24)25/h3-8,12H,1-2,9-11H2,(H,21,23). The van der Waals surface area contributed by atoms with Crippen molar-refractivity contribution >= 4 is 38.9 Å². The average Bonchev–Trinajstić information content (AvgIpc) is 2.57. The van der Waals surface area contributed by atoms with Crippen molar-refractivity contribution < 1.29 is 17.6 Å². The van der Waals surface area contributed by atoms with Gasteiger partial charge in [-0.1, -0.05) is 23.7 Å². The highest BCUT2D eigenvalue weighted by atomic mass is 35.5. The van der Waals surface area contributed by atoms with Crippen LogP contribution in [0.1, 0.15) is 18.4 Å². The number of benzene rings is 2. The lowest BCUT2D eigenvalue weighted by atomic mass is 10.1. The summed E-state index contributed by atoms with van der Waals surface area (Å²) in [7, 11) is -3.35. The number of amides is 1. The van der Waals surface area contributed by atoms with E-state index in [1.54, 1.807) is 24.3 Å². The van der Waals surface area contributed by atoms with Gasteiger partial charge in [0.1, 0.15) is 5.82 Å².